The van der Waals surface area contributed by atoms with Crippen molar-refractivity contribution >= 4 is 29.3 Å². The highest BCUT2D eigenvalue weighted by Gasteiger charge is 2.19. The molecule has 1 amide bonds. The monoisotopic (exact) mass is 412 g/mol. The standard InChI is InChI=1S/C24H29ClN2O2/c1-29-21-11-8-19(9-12-21)5-4-16-27-17-14-20(15-18-27)10-13-24(28)26-23-7-3-2-6-22(23)25/h2-9,11-12,20H,10,13-18H2,1H3,(H,26,28)/b5-4+. The Hall–Kier alpha value is -2.30. The van der Waals surface area contributed by atoms with Gasteiger partial charge in [-0.05, 0) is 68.1 Å². The van der Waals surface area contributed by atoms with E-state index in [-0.39, 0.29) is 5.91 Å². The molecule has 0 aromatic heterocycles. The van der Waals surface area contributed by atoms with Gasteiger partial charge in [0.05, 0.1) is 17.8 Å². The van der Waals surface area contributed by atoms with E-state index in [1.165, 1.54) is 5.56 Å². The van der Waals surface area contributed by atoms with Crippen LogP contribution < -0.4 is 10.1 Å². The van der Waals surface area contributed by atoms with Crippen LogP contribution in [0.4, 0.5) is 5.69 Å². The second kappa shape index (κ2) is 11.0. The van der Waals surface area contributed by atoms with Gasteiger partial charge in [0, 0.05) is 13.0 Å². The fourth-order valence-electron chi connectivity index (χ4n) is 3.62. The number of likely N-dealkylation sites (tertiary alicyclic amines) is 1. The van der Waals surface area contributed by atoms with Gasteiger partial charge in [0.2, 0.25) is 5.91 Å². The second-order valence-corrected chi connectivity index (χ2v) is 7.89. The Kier molecular flexibility index (Phi) is 8.14. The van der Waals surface area contributed by atoms with Crippen molar-refractivity contribution in [1.82, 2.24) is 4.90 Å². The van der Waals surface area contributed by atoms with E-state index in [0.717, 1.165) is 44.6 Å². The number of rotatable bonds is 8. The van der Waals surface area contributed by atoms with Gasteiger partial charge in [0.25, 0.3) is 0 Å². The van der Waals surface area contributed by atoms with Gasteiger partial charge in [-0.3, -0.25) is 9.69 Å². The van der Waals surface area contributed by atoms with E-state index in [4.69, 9.17) is 16.3 Å². The molecule has 0 atom stereocenters. The van der Waals surface area contributed by atoms with Gasteiger partial charge < -0.3 is 10.1 Å². The molecule has 154 valence electrons. The van der Waals surface area contributed by atoms with E-state index < -0.39 is 0 Å². The van der Waals surface area contributed by atoms with E-state index in [9.17, 15) is 4.79 Å². The highest BCUT2D eigenvalue weighted by Crippen LogP contribution is 2.24. The zero-order valence-electron chi connectivity index (χ0n) is 16.9. The van der Waals surface area contributed by atoms with Gasteiger partial charge in [-0.2, -0.15) is 0 Å². The van der Waals surface area contributed by atoms with Crippen LogP contribution in [0.25, 0.3) is 6.08 Å². The predicted molar refractivity (Wildman–Crippen MR) is 121 cm³/mol. The van der Waals surface area contributed by atoms with Crippen molar-refractivity contribution in [3.63, 3.8) is 0 Å². The summed E-state index contributed by atoms with van der Waals surface area (Å²) in [5, 5.41) is 3.49. The molecule has 1 N–H and O–H groups in total. The fourth-order valence-corrected chi connectivity index (χ4v) is 3.80. The average Bonchev–Trinajstić information content (AvgIpc) is 2.75. The van der Waals surface area contributed by atoms with Gasteiger partial charge in [0.1, 0.15) is 5.75 Å². The Balaban J connectivity index is 1.34. The third-order valence-electron chi connectivity index (χ3n) is 5.42. The first kappa shape index (κ1) is 21.4. The maximum atomic E-state index is 12.2. The quantitative estimate of drug-likeness (QED) is 0.623. The average molecular weight is 413 g/mol. The van der Waals surface area contributed by atoms with Crippen LogP contribution in [-0.4, -0.2) is 37.6 Å². The van der Waals surface area contributed by atoms with Crippen LogP contribution in [0, 0.1) is 5.92 Å². The van der Waals surface area contributed by atoms with Crippen molar-refractivity contribution in [3.05, 3.63) is 65.2 Å². The molecular weight excluding hydrogens is 384 g/mol. The van der Waals surface area contributed by atoms with Crippen LogP contribution in [0.15, 0.2) is 54.6 Å². The van der Waals surface area contributed by atoms with Gasteiger partial charge >= 0.3 is 0 Å². The second-order valence-electron chi connectivity index (χ2n) is 7.49. The number of amides is 1. The maximum absolute atomic E-state index is 12.2. The van der Waals surface area contributed by atoms with Crippen molar-refractivity contribution in [2.45, 2.75) is 25.7 Å². The van der Waals surface area contributed by atoms with Crippen LogP contribution in [0.1, 0.15) is 31.2 Å². The lowest BCUT2D eigenvalue weighted by Crippen LogP contribution is -2.34. The number of benzene rings is 2. The van der Waals surface area contributed by atoms with Crippen LogP contribution in [0.3, 0.4) is 0 Å². The summed E-state index contributed by atoms with van der Waals surface area (Å²) in [6.07, 6.45) is 8.16. The molecule has 0 unspecified atom stereocenters. The van der Waals surface area contributed by atoms with Gasteiger partial charge in [-0.1, -0.05) is 48.0 Å². The molecule has 0 spiro atoms. The van der Waals surface area contributed by atoms with Gasteiger partial charge in [-0.25, -0.2) is 0 Å². The molecular formula is C24H29ClN2O2. The van der Waals surface area contributed by atoms with Crippen molar-refractivity contribution in [2.24, 2.45) is 5.92 Å². The lowest BCUT2D eigenvalue weighted by Gasteiger charge is -2.31. The van der Waals surface area contributed by atoms with Crippen LogP contribution in [0.5, 0.6) is 5.75 Å². The summed E-state index contributed by atoms with van der Waals surface area (Å²) in [6, 6.07) is 15.4. The normalized spacial score (nSPS) is 15.5. The molecule has 0 aliphatic carbocycles. The molecule has 5 heteroatoms. The number of carbonyl (C=O) groups excluding carboxylic acids is 1. The Morgan fingerprint density at radius 3 is 2.59 bits per heavy atom. The molecule has 29 heavy (non-hydrogen) atoms. The molecule has 0 saturated carbocycles. The minimum atomic E-state index is 0.0444. The number of anilines is 1. The minimum Gasteiger partial charge on any atom is -0.497 e. The Morgan fingerprint density at radius 2 is 1.90 bits per heavy atom. The van der Waals surface area contributed by atoms with Crippen molar-refractivity contribution in [2.75, 3.05) is 32.1 Å². The van der Waals surface area contributed by atoms with Crippen molar-refractivity contribution in [1.29, 1.82) is 0 Å². The summed E-state index contributed by atoms with van der Waals surface area (Å²) in [5.74, 6) is 1.54. The summed E-state index contributed by atoms with van der Waals surface area (Å²) in [7, 11) is 1.68. The number of piperidine rings is 1. The number of methoxy groups -OCH3 is 1. The number of para-hydroxylation sites is 1. The lowest BCUT2D eigenvalue weighted by molar-refractivity contribution is -0.116. The van der Waals surface area contributed by atoms with Gasteiger partial charge in [-0.15, -0.1) is 0 Å². The number of nitrogens with zero attached hydrogens (tertiary/aromatic N) is 1. The molecule has 1 aliphatic heterocycles. The molecule has 0 bridgehead atoms. The predicted octanol–water partition coefficient (Wildman–Crippen LogP) is 5.49. The van der Waals surface area contributed by atoms with E-state index >= 15 is 0 Å². The first-order valence-corrected chi connectivity index (χ1v) is 10.6. The minimum absolute atomic E-state index is 0.0444. The highest BCUT2D eigenvalue weighted by molar-refractivity contribution is 6.33. The third kappa shape index (κ3) is 6.91. The Morgan fingerprint density at radius 1 is 1.17 bits per heavy atom. The fraction of sp³-hybridized carbons (Fsp3) is 0.375. The molecule has 1 aliphatic rings. The molecule has 1 saturated heterocycles. The number of hydrogen-bond donors (Lipinski definition) is 1. The first-order chi connectivity index (χ1) is 14.1. The number of halogens is 1. The maximum Gasteiger partial charge on any atom is 0.224 e. The van der Waals surface area contributed by atoms with E-state index in [2.05, 4.69) is 34.5 Å². The third-order valence-corrected chi connectivity index (χ3v) is 5.75. The SMILES string of the molecule is COc1ccc(/C=C/CN2CCC(CCC(=O)Nc3ccccc3Cl)CC2)cc1. The van der Waals surface area contributed by atoms with E-state index in [0.29, 0.717) is 23.0 Å². The molecule has 0 radical (unpaired) electrons. The number of ether oxygens (including phenoxy) is 1. The number of hydrogen-bond acceptors (Lipinski definition) is 3. The summed E-state index contributed by atoms with van der Waals surface area (Å²) in [4.78, 5) is 14.7. The van der Waals surface area contributed by atoms with Crippen LogP contribution >= 0.6 is 11.6 Å². The van der Waals surface area contributed by atoms with Crippen molar-refractivity contribution < 1.29 is 9.53 Å². The number of nitrogens with one attached hydrogen (secondary N) is 1. The molecule has 3 rings (SSSR count). The topological polar surface area (TPSA) is 41.6 Å². The zero-order valence-corrected chi connectivity index (χ0v) is 17.7. The van der Waals surface area contributed by atoms with Crippen LogP contribution in [0.2, 0.25) is 5.02 Å². The van der Waals surface area contributed by atoms with E-state index in [1.807, 2.05) is 30.3 Å². The van der Waals surface area contributed by atoms with E-state index in [1.54, 1.807) is 13.2 Å². The smallest absolute Gasteiger partial charge is 0.224 e. The van der Waals surface area contributed by atoms with Gasteiger partial charge in [0.15, 0.2) is 0 Å². The highest BCUT2D eigenvalue weighted by atomic mass is 35.5. The Bertz CT molecular complexity index is 812. The largest absolute Gasteiger partial charge is 0.497 e. The summed E-state index contributed by atoms with van der Waals surface area (Å²) >= 11 is 6.10. The zero-order chi connectivity index (χ0) is 20.5. The number of carbonyl (C=O) groups is 1. The lowest BCUT2D eigenvalue weighted by atomic mass is 9.92. The molecule has 1 fully saturated rings. The summed E-state index contributed by atoms with van der Waals surface area (Å²) in [5.41, 5.74) is 1.88. The Labute approximate surface area is 178 Å². The molecule has 2 aromatic rings. The molecule has 4 nitrogen and oxygen atoms in total. The first-order valence-electron chi connectivity index (χ1n) is 10.2. The van der Waals surface area contributed by atoms with Crippen molar-refractivity contribution in [3.8, 4) is 5.75 Å². The van der Waals surface area contributed by atoms with Crippen LogP contribution in [-0.2, 0) is 4.79 Å². The molecule has 1 heterocycles. The molecule has 2 aromatic carbocycles. The summed E-state index contributed by atoms with van der Waals surface area (Å²) < 4.78 is 5.19. The summed E-state index contributed by atoms with van der Waals surface area (Å²) in [6.45, 7) is 3.14.